The van der Waals surface area contributed by atoms with E-state index >= 15 is 0 Å². The maximum atomic E-state index is 12.0. The molecular weight excluding hydrogens is 356 g/mol. The molecule has 0 aliphatic heterocycles. The molecule has 3 N–H and O–H groups in total. The lowest BCUT2D eigenvalue weighted by Crippen LogP contribution is -2.37. The number of aryl methyl sites for hydroxylation is 2. The number of aliphatic hydroxyl groups is 1. The van der Waals surface area contributed by atoms with Crippen LogP contribution in [0.2, 0.25) is 0 Å². The first kappa shape index (κ1) is 19.4. The summed E-state index contributed by atoms with van der Waals surface area (Å²) in [5.74, 6) is -0.842. The van der Waals surface area contributed by atoms with Crippen LogP contribution in [-0.2, 0) is 9.59 Å². The minimum Gasteiger partial charge on any atom is -0.464 e. The van der Waals surface area contributed by atoms with Crippen molar-refractivity contribution in [1.29, 1.82) is 0 Å². The fourth-order valence-corrected chi connectivity index (χ4v) is 2.71. The largest absolute Gasteiger partial charge is 0.464 e. The molecule has 0 unspecified atom stereocenters. The van der Waals surface area contributed by atoms with Gasteiger partial charge in [0, 0.05) is 17.8 Å². The molecule has 0 fully saturated rings. The fraction of sp³-hybridized carbons (Fsp3) is 0.182. The Morgan fingerprint density at radius 3 is 2.39 bits per heavy atom. The van der Waals surface area contributed by atoms with Crippen molar-refractivity contribution >= 4 is 17.5 Å². The Labute approximate surface area is 163 Å². The Bertz CT molecular complexity index is 963. The zero-order chi connectivity index (χ0) is 20.1. The van der Waals surface area contributed by atoms with Gasteiger partial charge in [-0.2, -0.15) is 0 Å². The molecule has 0 aliphatic carbocycles. The summed E-state index contributed by atoms with van der Waals surface area (Å²) in [5, 5.41) is 15.3. The topological polar surface area (TPSA) is 91.6 Å². The molecule has 3 aromatic rings. The summed E-state index contributed by atoms with van der Waals surface area (Å²) in [6, 6.07) is 16.2. The smallest absolute Gasteiger partial charge is 0.313 e. The molecular formula is C22H22N2O4. The Morgan fingerprint density at radius 2 is 1.75 bits per heavy atom. The SMILES string of the molecule is Cc1ccc(NC(=O)C(=O)NC[C@@H](O)c2ccc(-c3ccco3)cc2)cc1C. The summed E-state index contributed by atoms with van der Waals surface area (Å²) in [6.07, 6.45) is 0.667. The van der Waals surface area contributed by atoms with Crippen molar-refractivity contribution in [1.82, 2.24) is 5.32 Å². The monoisotopic (exact) mass is 378 g/mol. The number of furan rings is 1. The second-order valence-corrected chi connectivity index (χ2v) is 6.58. The number of benzene rings is 2. The molecule has 144 valence electrons. The number of nitrogens with one attached hydrogen (secondary N) is 2. The van der Waals surface area contributed by atoms with Gasteiger partial charge in [-0.05, 0) is 54.8 Å². The van der Waals surface area contributed by atoms with Gasteiger partial charge < -0.3 is 20.2 Å². The van der Waals surface area contributed by atoms with Crippen LogP contribution in [0.5, 0.6) is 0 Å². The van der Waals surface area contributed by atoms with E-state index in [-0.39, 0.29) is 6.54 Å². The summed E-state index contributed by atoms with van der Waals surface area (Å²) >= 11 is 0. The minimum absolute atomic E-state index is 0.0702. The van der Waals surface area contributed by atoms with Crippen molar-refractivity contribution in [3.63, 3.8) is 0 Å². The predicted molar refractivity (Wildman–Crippen MR) is 107 cm³/mol. The van der Waals surface area contributed by atoms with Crippen molar-refractivity contribution in [2.45, 2.75) is 20.0 Å². The van der Waals surface area contributed by atoms with Gasteiger partial charge in [0.1, 0.15) is 5.76 Å². The van der Waals surface area contributed by atoms with Crippen LogP contribution in [0.4, 0.5) is 5.69 Å². The summed E-state index contributed by atoms with van der Waals surface area (Å²) in [7, 11) is 0. The number of aliphatic hydroxyl groups excluding tert-OH is 1. The maximum absolute atomic E-state index is 12.0. The van der Waals surface area contributed by atoms with Gasteiger partial charge in [-0.15, -0.1) is 0 Å². The van der Waals surface area contributed by atoms with E-state index in [0.29, 0.717) is 11.3 Å². The highest BCUT2D eigenvalue weighted by molar-refractivity contribution is 6.39. The number of rotatable bonds is 5. The molecule has 6 nitrogen and oxygen atoms in total. The van der Waals surface area contributed by atoms with Crippen LogP contribution in [-0.4, -0.2) is 23.5 Å². The van der Waals surface area contributed by atoms with Crippen LogP contribution >= 0.6 is 0 Å². The van der Waals surface area contributed by atoms with E-state index in [1.807, 2.05) is 38.1 Å². The lowest BCUT2D eigenvalue weighted by Gasteiger charge is -2.13. The number of carbonyl (C=O) groups excluding carboxylic acids is 2. The summed E-state index contributed by atoms with van der Waals surface area (Å²) in [6.45, 7) is 3.83. The van der Waals surface area contributed by atoms with E-state index in [0.717, 1.165) is 22.5 Å². The normalized spacial score (nSPS) is 11.7. The number of amides is 2. The highest BCUT2D eigenvalue weighted by Gasteiger charge is 2.16. The van der Waals surface area contributed by atoms with Crippen LogP contribution in [0, 0.1) is 13.8 Å². The standard InChI is InChI=1S/C22H22N2O4/c1-14-5-10-18(12-15(14)2)24-22(27)21(26)23-13-19(25)16-6-8-17(9-7-16)20-4-3-11-28-20/h3-12,19,25H,13H2,1-2H3,(H,23,26)(H,24,27)/t19-/m1/s1. The molecule has 1 aromatic heterocycles. The van der Waals surface area contributed by atoms with Crippen molar-refractivity contribution < 1.29 is 19.1 Å². The summed E-state index contributed by atoms with van der Waals surface area (Å²) in [5.41, 5.74) is 4.19. The second kappa shape index (κ2) is 8.54. The Hall–Kier alpha value is -3.38. The lowest BCUT2D eigenvalue weighted by molar-refractivity contribution is -0.136. The first-order valence-corrected chi connectivity index (χ1v) is 8.92. The Balaban J connectivity index is 1.53. The molecule has 1 heterocycles. The number of anilines is 1. The first-order valence-electron chi connectivity index (χ1n) is 8.92. The molecule has 2 amide bonds. The molecule has 0 radical (unpaired) electrons. The van der Waals surface area contributed by atoms with E-state index in [4.69, 9.17) is 4.42 Å². The third-order valence-electron chi connectivity index (χ3n) is 4.53. The molecule has 0 saturated heterocycles. The quantitative estimate of drug-likeness (QED) is 0.594. The van der Waals surface area contributed by atoms with Crippen LogP contribution < -0.4 is 10.6 Å². The Kier molecular flexibility index (Phi) is 5.91. The molecule has 0 saturated carbocycles. The van der Waals surface area contributed by atoms with Gasteiger partial charge >= 0.3 is 11.8 Å². The van der Waals surface area contributed by atoms with Crippen molar-refractivity contribution in [3.8, 4) is 11.3 Å². The minimum atomic E-state index is -0.927. The molecule has 28 heavy (non-hydrogen) atoms. The fourth-order valence-electron chi connectivity index (χ4n) is 2.71. The van der Waals surface area contributed by atoms with Crippen LogP contribution in [0.15, 0.2) is 65.3 Å². The van der Waals surface area contributed by atoms with Gasteiger partial charge in [-0.1, -0.05) is 30.3 Å². The summed E-state index contributed by atoms with van der Waals surface area (Å²) < 4.78 is 5.32. The van der Waals surface area contributed by atoms with Crippen LogP contribution in [0.1, 0.15) is 22.8 Å². The van der Waals surface area contributed by atoms with Crippen LogP contribution in [0.25, 0.3) is 11.3 Å². The van der Waals surface area contributed by atoms with Crippen molar-refractivity contribution in [3.05, 3.63) is 77.6 Å². The van der Waals surface area contributed by atoms with Gasteiger partial charge in [-0.25, -0.2) is 0 Å². The van der Waals surface area contributed by atoms with Crippen molar-refractivity contribution in [2.24, 2.45) is 0 Å². The van der Waals surface area contributed by atoms with Gasteiger partial charge in [0.15, 0.2) is 0 Å². The van der Waals surface area contributed by atoms with E-state index in [9.17, 15) is 14.7 Å². The number of carbonyl (C=O) groups is 2. The van der Waals surface area contributed by atoms with Gasteiger partial charge in [0.05, 0.1) is 12.4 Å². The molecule has 3 rings (SSSR count). The molecule has 1 atom stereocenters. The zero-order valence-corrected chi connectivity index (χ0v) is 15.7. The van der Waals surface area contributed by atoms with Crippen LogP contribution in [0.3, 0.4) is 0 Å². The van der Waals surface area contributed by atoms with E-state index < -0.39 is 17.9 Å². The molecule has 0 spiro atoms. The number of hydrogen-bond acceptors (Lipinski definition) is 4. The lowest BCUT2D eigenvalue weighted by atomic mass is 10.1. The third kappa shape index (κ3) is 4.66. The average molecular weight is 378 g/mol. The first-order chi connectivity index (χ1) is 13.4. The zero-order valence-electron chi connectivity index (χ0n) is 15.7. The summed E-state index contributed by atoms with van der Waals surface area (Å²) in [4.78, 5) is 24.0. The highest BCUT2D eigenvalue weighted by atomic mass is 16.3. The third-order valence-corrected chi connectivity index (χ3v) is 4.53. The molecule has 0 aliphatic rings. The van der Waals surface area contributed by atoms with Gasteiger partial charge in [0.2, 0.25) is 0 Å². The van der Waals surface area contributed by atoms with Gasteiger partial charge in [-0.3, -0.25) is 9.59 Å². The Morgan fingerprint density at radius 1 is 1.00 bits per heavy atom. The van der Waals surface area contributed by atoms with E-state index in [1.54, 1.807) is 36.6 Å². The average Bonchev–Trinajstić information content (AvgIpc) is 3.23. The highest BCUT2D eigenvalue weighted by Crippen LogP contribution is 2.22. The van der Waals surface area contributed by atoms with Crippen molar-refractivity contribution in [2.75, 3.05) is 11.9 Å². The molecule has 2 aromatic carbocycles. The molecule has 0 bridgehead atoms. The molecule has 6 heteroatoms. The predicted octanol–water partition coefficient (Wildman–Crippen LogP) is 3.35. The van der Waals surface area contributed by atoms with E-state index in [1.165, 1.54) is 0 Å². The van der Waals surface area contributed by atoms with E-state index in [2.05, 4.69) is 10.6 Å². The van der Waals surface area contributed by atoms with Gasteiger partial charge in [0.25, 0.3) is 0 Å². The second-order valence-electron chi connectivity index (χ2n) is 6.58. The maximum Gasteiger partial charge on any atom is 0.313 e. The number of hydrogen-bond donors (Lipinski definition) is 3.